The molecule has 6 heteroatoms. The standard InChI is InChI=1S/C12H15N3O3/c13-3-4-18-12(17)10(15)6-8-1-2-11(16)9(5-8)7-14/h1-2,5,10,16H,4,6-7,14-15H2. The van der Waals surface area contributed by atoms with Crippen molar-refractivity contribution in [3.8, 4) is 11.8 Å². The van der Waals surface area contributed by atoms with E-state index in [1.165, 1.54) is 6.07 Å². The quantitative estimate of drug-likeness (QED) is 0.620. The molecule has 0 spiro atoms. The summed E-state index contributed by atoms with van der Waals surface area (Å²) in [6, 6.07) is 5.71. The topological polar surface area (TPSA) is 122 Å². The molecular formula is C12H15N3O3. The number of rotatable bonds is 5. The van der Waals surface area contributed by atoms with E-state index in [1.54, 1.807) is 18.2 Å². The molecule has 0 fully saturated rings. The lowest BCUT2D eigenvalue weighted by Gasteiger charge is -2.11. The first kappa shape index (κ1) is 14.0. The van der Waals surface area contributed by atoms with Crippen LogP contribution in [0, 0.1) is 11.3 Å². The van der Waals surface area contributed by atoms with Crippen LogP contribution in [-0.2, 0) is 22.5 Å². The summed E-state index contributed by atoms with van der Waals surface area (Å²) >= 11 is 0. The number of hydrogen-bond donors (Lipinski definition) is 3. The van der Waals surface area contributed by atoms with E-state index in [4.69, 9.17) is 16.7 Å². The van der Waals surface area contributed by atoms with Crippen molar-refractivity contribution in [1.29, 1.82) is 5.26 Å². The first-order valence-electron chi connectivity index (χ1n) is 5.38. The Morgan fingerprint density at radius 3 is 2.89 bits per heavy atom. The number of benzene rings is 1. The van der Waals surface area contributed by atoms with E-state index < -0.39 is 12.0 Å². The molecule has 0 saturated carbocycles. The summed E-state index contributed by atoms with van der Waals surface area (Å²) in [5.74, 6) is -0.513. The molecule has 6 nitrogen and oxygen atoms in total. The predicted molar refractivity (Wildman–Crippen MR) is 64.2 cm³/mol. The van der Waals surface area contributed by atoms with Gasteiger partial charge in [-0.05, 0) is 18.1 Å². The fourth-order valence-electron chi connectivity index (χ4n) is 1.48. The second-order valence-corrected chi connectivity index (χ2v) is 3.74. The molecule has 1 rings (SSSR count). The van der Waals surface area contributed by atoms with Crippen LogP contribution in [0.5, 0.6) is 5.75 Å². The van der Waals surface area contributed by atoms with Crippen molar-refractivity contribution >= 4 is 5.97 Å². The molecule has 1 aromatic carbocycles. The Balaban J connectivity index is 2.67. The van der Waals surface area contributed by atoms with Gasteiger partial charge in [-0.2, -0.15) is 5.26 Å². The van der Waals surface area contributed by atoms with Crippen LogP contribution in [0.2, 0.25) is 0 Å². The van der Waals surface area contributed by atoms with E-state index in [1.807, 2.05) is 0 Å². The van der Waals surface area contributed by atoms with Crippen molar-refractivity contribution < 1.29 is 14.6 Å². The molecule has 0 aromatic heterocycles. The van der Waals surface area contributed by atoms with Crippen LogP contribution >= 0.6 is 0 Å². The molecule has 96 valence electrons. The highest BCUT2D eigenvalue weighted by Crippen LogP contribution is 2.18. The summed E-state index contributed by atoms with van der Waals surface area (Å²) in [7, 11) is 0. The molecule has 0 saturated heterocycles. The highest BCUT2D eigenvalue weighted by molar-refractivity contribution is 5.76. The van der Waals surface area contributed by atoms with Crippen LogP contribution in [0.15, 0.2) is 18.2 Å². The summed E-state index contributed by atoms with van der Waals surface area (Å²) in [5.41, 5.74) is 12.5. The van der Waals surface area contributed by atoms with Crippen LogP contribution in [0.4, 0.5) is 0 Å². The third-order valence-corrected chi connectivity index (χ3v) is 2.40. The molecule has 1 unspecified atom stereocenters. The predicted octanol–water partition coefficient (Wildman–Crippen LogP) is -0.213. The summed E-state index contributed by atoms with van der Waals surface area (Å²) in [6.45, 7) is -0.107. The highest BCUT2D eigenvalue weighted by atomic mass is 16.5. The summed E-state index contributed by atoms with van der Waals surface area (Å²) < 4.78 is 4.61. The van der Waals surface area contributed by atoms with Gasteiger partial charge in [0.25, 0.3) is 0 Å². The van der Waals surface area contributed by atoms with Crippen molar-refractivity contribution in [2.24, 2.45) is 11.5 Å². The third-order valence-electron chi connectivity index (χ3n) is 2.40. The molecule has 0 aliphatic carbocycles. The number of phenolic OH excluding ortho intramolecular Hbond substituents is 1. The monoisotopic (exact) mass is 249 g/mol. The zero-order valence-electron chi connectivity index (χ0n) is 9.80. The highest BCUT2D eigenvalue weighted by Gasteiger charge is 2.16. The summed E-state index contributed by atoms with van der Waals surface area (Å²) in [4.78, 5) is 11.4. The maximum Gasteiger partial charge on any atom is 0.324 e. The van der Waals surface area contributed by atoms with E-state index in [0.29, 0.717) is 5.56 Å². The Labute approximate surface area is 105 Å². The molecule has 0 amide bonds. The fraction of sp³-hybridized carbons (Fsp3) is 0.333. The number of aromatic hydroxyl groups is 1. The number of carbonyl (C=O) groups excluding carboxylic acids is 1. The maximum absolute atomic E-state index is 11.4. The molecule has 0 radical (unpaired) electrons. The van der Waals surface area contributed by atoms with Crippen LogP contribution < -0.4 is 11.5 Å². The van der Waals surface area contributed by atoms with Crippen molar-refractivity contribution in [1.82, 2.24) is 0 Å². The first-order valence-corrected chi connectivity index (χ1v) is 5.38. The van der Waals surface area contributed by atoms with Crippen LogP contribution in [0.3, 0.4) is 0 Å². The minimum atomic E-state index is -0.839. The lowest BCUT2D eigenvalue weighted by Crippen LogP contribution is -2.34. The van der Waals surface area contributed by atoms with Gasteiger partial charge in [-0.15, -0.1) is 0 Å². The normalized spacial score (nSPS) is 11.6. The Bertz CT molecular complexity index is 468. The number of esters is 1. The largest absolute Gasteiger partial charge is 0.508 e. The Kier molecular flexibility index (Phi) is 5.11. The minimum Gasteiger partial charge on any atom is -0.508 e. The zero-order chi connectivity index (χ0) is 13.5. The minimum absolute atomic E-state index is 0.113. The Morgan fingerprint density at radius 1 is 1.56 bits per heavy atom. The van der Waals surface area contributed by atoms with Gasteiger partial charge in [-0.3, -0.25) is 4.79 Å². The fourth-order valence-corrected chi connectivity index (χ4v) is 1.48. The average Bonchev–Trinajstić information content (AvgIpc) is 2.37. The molecule has 5 N–H and O–H groups in total. The average molecular weight is 249 g/mol. The van der Waals surface area contributed by atoms with Gasteiger partial charge in [0, 0.05) is 12.1 Å². The van der Waals surface area contributed by atoms with Gasteiger partial charge in [0.05, 0.1) is 0 Å². The number of ether oxygens (including phenoxy) is 1. The second-order valence-electron chi connectivity index (χ2n) is 3.74. The van der Waals surface area contributed by atoms with Gasteiger partial charge >= 0.3 is 5.97 Å². The van der Waals surface area contributed by atoms with E-state index in [-0.39, 0.29) is 25.3 Å². The molecule has 0 heterocycles. The number of nitriles is 1. The molecule has 1 aromatic rings. The van der Waals surface area contributed by atoms with Gasteiger partial charge in [-0.1, -0.05) is 12.1 Å². The van der Waals surface area contributed by atoms with E-state index in [9.17, 15) is 9.90 Å². The first-order chi connectivity index (χ1) is 8.58. The summed E-state index contributed by atoms with van der Waals surface area (Å²) in [5, 5.41) is 17.7. The Hall–Kier alpha value is -2.10. The molecular weight excluding hydrogens is 234 g/mol. The molecule has 1 atom stereocenters. The number of carbonyl (C=O) groups is 1. The Morgan fingerprint density at radius 2 is 2.28 bits per heavy atom. The lowest BCUT2D eigenvalue weighted by atomic mass is 10.0. The SMILES string of the molecule is N#CCOC(=O)C(N)Cc1ccc(O)c(CN)c1. The van der Waals surface area contributed by atoms with Crippen molar-refractivity contribution in [2.75, 3.05) is 6.61 Å². The van der Waals surface area contributed by atoms with Gasteiger partial charge < -0.3 is 21.3 Å². The van der Waals surface area contributed by atoms with Crippen LogP contribution in [0.25, 0.3) is 0 Å². The molecule has 0 aliphatic heterocycles. The van der Waals surface area contributed by atoms with E-state index in [2.05, 4.69) is 4.74 Å². The van der Waals surface area contributed by atoms with Crippen molar-refractivity contribution in [3.63, 3.8) is 0 Å². The number of hydrogen-bond acceptors (Lipinski definition) is 6. The summed E-state index contributed by atoms with van der Waals surface area (Å²) in [6.07, 6.45) is 0.261. The van der Waals surface area contributed by atoms with Crippen molar-refractivity contribution in [3.05, 3.63) is 29.3 Å². The van der Waals surface area contributed by atoms with Crippen LogP contribution in [-0.4, -0.2) is 23.7 Å². The smallest absolute Gasteiger partial charge is 0.324 e. The number of phenols is 1. The van der Waals surface area contributed by atoms with Gasteiger partial charge in [0.1, 0.15) is 17.9 Å². The number of nitrogens with zero attached hydrogens (tertiary/aromatic N) is 1. The second kappa shape index (κ2) is 6.59. The van der Waals surface area contributed by atoms with E-state index in [0.717, 1.165) is 5.56 Å². The third kappa shape index (κ3) is 3.73. The molecule has 0 bridgehead atoms. The molecule has 18 heavy (non-hydrogen) atoms. The number of nitrogens with two attached hydrogens (primary N) is 2. The van der Waals surface area contributed by atoms with Gasteiger partial charge in [0.15, 0.2) is 6.61 Å². The van der Waals surface area contributed by atoms with Gasteiger partial charge in [-0.25, -0.2) is 0 Å². The van der Waals surface area contributed by atoms with Crippen molar-refractivity contribution in [2.45, 2.75) is 19.0 Å². The maximum atomic E-state index is 11.4. The lowest BCUT2D eigenvalue weighted by molar-refractivity contribution is -0.143. The van der Waals surface area contributed by atoms with Crippen LogP contribution in [0.1, 0.15) is 11.1 Å². The zero-order valence-corrected chi connectivity index (χ0v) is 9.80. The van der Waals surface area contributed by atoms with Gasteiger partial charge in [0.2, 0.25) is 0 Å². The molecule has 0 aliphatic rings. The van der Waals surface area contributed by atoms with E-state index >= 15 is 0 Å².